The van der Waals surface area contributed by atoms with Gasteiger partial charge in [0.05, 0.1) is 11.5 Å². The normalized spacial score (nSPS) is 11.1. The van der Waals surface area contributed by atoms with Gasteiger partial charge in [-0.05, 0) is 38.5 Å². The van der Waals surface area contributed by atoms with Crippen LogP contribution >= 0.6 is 15.9 Å². The van der Waals surface area contributed by atoms with Crippen molar-refractivity contribution in [2.24, 2.45) is 0 Å². The lowest BCUT2D eigenvalue weighted by Gasteiger charge is -2.20. The van der Waals surface area contributed by atoms with Gasteiger partial charge in [0, 0.05) is 10.0 Å². The molecule has 0 amide bonds. The minimum Gasteiger partial charge on any atom is -0.207 e. The van der Waals surface area contributed by atoms with Crippen LogP contribution in [0.4, 0.5) is 4.39 Å². The summed E-state index contributed by atoms with van der Waals surface area (Å²) >= 11 is 3.33. The molecule has 0 radical (unpaired) electrons. The van der Waals surface area contributed by atoms with Crippen LogP contribution in [0.5, 0.6) is 0 Å². The molecule has 1 aromatic rings. The summed E-state index contributed by atoms with van der Waals surface area (Å²) in [5.41, 5.74) is 0.462. The lowest BCUT2D eigenvalue weighted by molar-refractivity contribution is 0.560. The Morgan fingerprint density at radius 2 is 2.00 bits per heavy atom. The first-order chi connectivity index (χ1) is 6.40. The van der Waals surface area contributed by atoms with Gasteiger partial charge in [-0.1, -0.05) is 15.9 Å². The first-order valence-electron chi connectivity index (χ1n) is 4.26. The zero-order chi connectivity index (χ0) is 10.9. The third-order valence-corrected chi connectivity index (χ3v) is 3.11. The monoisotopic (exact) mass is 255 g/mol. The summed E-state index contributed by atoms with van der Waals surface area (Å²) in [6.07, 6.45) is 0. The lowest BCUT2D eigenvalue weighted by Crippen LogP contribution is -2.18. The average molecular weight is 256 g/mol. The van der Waals surface area contributed by atoms with Crippen LogP contribution in [0.3, 0.4) is 0 Å². The Bertz CT molecular complexity index is 404. The van der Waals surface area contributed by atoms with E-state index >= 15 is 0 Å². The molecule has 0 fully saturated rings. The Labute approximate surface area is 91.7 Å². The van der Waals surface area contributed by atoms with Crippen LogP contribution in [0, 0.1) is 24.1 Å². The molecule has 14 heavy (non-hydrogen) atoms. The molecule has 1 rings (SSSR count). The maximum atomic E-state index is 13.5. The third kappa shape index (κ3) is 1.80. The van der Waals surface area contributed by atoms with Crippen molar-refractivity contribution in [1.29, 1.82) is 5.26 Å². The van der Waals surface area contributed by atoms with E-state index in [1.165, 1.54) is 6.07 Å². The SMILES string of the molecule is Cc1c(Br)ccc(F)c1C(C)(C)C#N. The first-order valence-corrected chi connectivity index (χ1v) is 5.06. The molecule has 0 saturated carbocycles. The van der Waals surface area contributed by atoms with Gasteiger partial charge in [0.2, 0.25) is 0 Å². The molecule has 0 aromatic heterocycles. The second-order valence-corrected chi connectivity index (χ2v) is 4.62. The molecule has 0 N–H and O–H groups in total. The summed E-state index contributed by atoms with van der Waals surface area (Å²) in [6, 6.07) is 5.14. The van der Waals surface area contributed by atoms with Crippen molar-refractivity contribution in [1.82, 2.24) is 0 Å². The summed E-state index contributed by atoms with van der Waals surface area (Å²) in [6.45, 7) is 5.23. The van der Waals surface area contributed by atoms with Crippen LogP contribution in [-0.4, -0.2) is 0 Å². The topological polar surface area (TPSA) is 23.8 Å². The minimum atomic E-state index is -0.794. The summed E-state index contributed by atoms with van der Waals surface area (Å²) in [5, 5.41) is 8.96. The van der Waals surface area contributed by atoms with Crippen molar-refractivity contribution in [3.63, 3.8) is 0 Å². The van der Waals surface area contributed by atoms with Gasteiger partial charge in [-0.15, -0.1) is 0 Å². The molecular weight excluding hydrogens is 245 g/mol. The summed E-state index contributed by atoms with van der Waals surface area (Å²) < 4.78 is 14.4. The fourth-order valence-corrected chi connectivity index (χ4v) is 1.81. The summed E-state index contributed by atoms with van der Waals surface area (Å²) in [4.78, 5) is 0. The van der Waals surface area contributed by atoms with Gasteiger partial charge >= 0.3 is 0 Å². The highest BCUT2D eigenvalue weighted by Crippen LogP contribution is 2.32. The number of hydrogen-bond donors (Lipinski definition) is 0. The molecule has 3 heteroatoms. The van der Waals surface area contributed by atoms with Crippen LogP contribution in [0.25, 0.3) is 0 Å². The Kier molecular flexibility index (Phi) is 2.96. The van der Waals surface area contributed by atoms with E-state index in [2.05, 4.69) is 22.0 Å². The zero-order valence-corrected chi connectivity index (χ0v) is 9.94. The highest BCUT2D eigenvalue weighted by Gasteiger charge is 2.26. The van der Waals surface area contributed by atoms with E-state index < -0.39 is 5.41 Å². The van der Waals surface area contributed by atoms with Crippen LogP contribution in [0.1, 0.15) is 25.0 Å². The van der Waals surface area contributed by atoms with Gasteiger partial charge in [0.15, 0.2) is 0 Å². The van der Waals surface area contributed by atoms with Gasteiger partial charge in [-0.25, -0.2) is 4.39 Å². The van der Waals surface area contributed by atoms with E-state index in [4.69, 9.17) is 5.26 Å². The van der Waals surface area contributed by atoms with E-state index in [1.54, 1.807) is 19.9 Å². The Morgan fingerprint density at radius 3 is 2.50 bits per heavy atom. The zero-order valence-electron chi connectivity index (χ0n) is 8.36. The van der Waals surface area contributed by atoms with Gasteiger partial charge < -0.3 is 0 Å². The molecule has 0 aliphatic rings. The van der Waals surface area contributed by atoms with Crippen molar-refractivity contribution >= 4 is 15.9 Å². The summed E-state index contributed by atoms with van der Waals surface area (Å²) in [5.74, 6) is -0.322. The Hall–Kier alpha value is -0.880. The molecule has 0 bridgehead atoms. The van der Waals surface area contributed by atoms with E-state index in [0.717, 1.165) is 10.0 Å². The van der Waals surface area contributed by atoms with E-state index in [-0.39, 0.29) is 5.82 Å². The van der Waals surface area contributed by atoms with E-state index in [0.29, 0.717) is 5.56 Å². The van der Waals surface area contributed by atoms with E-state index in [9.17, 15) is 4.39 Å². The quantitative estimate of drug-likeness (QED) is 0.751. The fourth-order valence-electron chi connectivity index (χ4n) is 1.48. The molecule has 0 spiro atoms. The maximum absolute atomic E-state index is 13.5. The van der Waals surface area contributed by atoms with E-state index in [1.807, 2.05) is 6.92 Å². The predicted octanol–water partition coefficient (Wildman–Crippen LogP) is 3.70. The number of benzene rings is 1. The van der Waals surface area contributed by atoms with Crippen molar-refractivity contribution in [3.05, 3.63) is 33.5 Å². The number of rotatable bonds is 1. The number of hydrogen-bond acceptors (Lipinski definition) is 1. The van der Waals surface area contributed by atoms with Gasteiger partial charge in [0.1, 0.15) is 5.82 Å². The number of nitrogens with zero attached hydrogens (tertiary/aromatic N) is 1. The molecule has 0 saturated heterocycles. The summed E-state index contributed by atoms with van der Waals surface area (Å²) in [7, 11) is 0. The highest BCUT2D eigenvalue weighted by molar-refractivity contribution is 9.10. The minimum absolute atomic E-state index is 0.322. The first kappa shape index (κ1) is 11.2. The Balaban J connectivity index is 3.49. The average Bonchev–Trinajstić information content (AvgIpc) is 2.12. The second-order valence-electron chi connectivity index (χ2n) is 3.77. The maximum Gasteiger partial charge on any atom is 0.128 e. The van der Waals surface area contributed by atoms with Crippen molar-refractivity contribution in [3.8, 4) is 6.07 Å². The van der Waals surface area contributed by atoms with Gasteiger partial charge in [-0.3, -0.25) is 0 Å². The van der Waals surface area contributed by atoms with Crippen LogP contribution < -0.4 is 0 Å². The number of nitriles is 1. The molecule has 1 aromatic carbocycles. The molecule has 0 unspecified atom stereocenters. The smallest absolute Gasteiger partial charge is 0.128 e. The van der Waals surface area contributed by atoms with Gasteiger partial charge in [0.25, 0.3) is 0 Å². The third-order valence-electron chi connectivity index (χ3n) is 2.25. The predicted molar refractivity (Wildman–Crippen MR) is 57.5 cm³/mol. The standard InChI is InChI=1S/C11H11BrFN/c1-7-8(12)4-5-9(13)10(7)11(2,3)6-14/h4-5H,1-3H3. The Morgan fingerprint density at radius 1 is 1.43 bits per heavy atom. The van der Waals surface area contributed by atoms with Crippen molar-refractivity contribution in [2.45, 2.75) is 26.2 Å². The molecule has 0 aliphatic heterocycles. The number of halogens is 2. The highest BCUT2D eigenvalue weighted by atomic mass is 79.9. The molecule has 0 heterocycles. The van der Waals surface area contributed by atoms with Crippen LogP contribution in [0.15, 0.2) is 16.6 Å². The van der Waals surface area contributed by atoms with Crippen LogP contribution in [0.2, 0.25) is 0 Å². The molecular formula is C11H11BrFN. The fraction of sp³-hybridized carbons (Fsp3) is 0.364. The molecule has 0 aliphatic carbocycles. The van der Waals surface area contributed by atoms with Crippen molar-refractivity contribution < 1.29 is 4.39 Å². The van der Waals surface area contributed by atoms with Gasteiger partial charge in [-0.2, -0.15) is 5.26 Å². The largest absolute Gasteiger partial charge is 0.207 e. The molecule has 0 atom stereocenters. The van der Waals surface area contributed by atoms with Crippen LogP contribution in [-0.2, 0) is 5.41 Å². The lowest BCUT2D eigenvalue weighted by atomic mass is 9.83. The molecule has 1 nitrogen and oxygen atoms in total. The molecule has 74 valence electrons. The van der Waals surface area contributed by atoms with Crippen molar-refractivity contribution in [2.75, 3.05) is 0 Å². The second kappa shape index (κ2) is 3.70.